The van der Waals surface area contributed by atoms with E-state index in [-0.39, 0.29) is 0 Å². The van der Waals surface area contributed by atoms with Gasteiger partial charge in [-0.2, -0.15) is 0 Å². The highest BCUT2D eigenvalue weighted by Crippen LogP contribution is 2.07. The number of aliphatic carboxylic acids is 1. The van der Waals surface area contributed by atoms with E-state index in [0.717, 1.165) is 12.1 Å². The molecule has 0 amide bonds. The van der Waals surface area contributed by atoms with Gasteiger partial charge in [0, 0.05) is 18.9 Å². The predicted molar refractivity (Wildman–Crippen MR) is 52.3 cm³/mol. The first-order valence-electron chi connectivity index (χ1n) is 4.32. The third kappa shape index (κ3) is 3.83. The Morgan fingerprint density at radius 1 is 1.54 bits per heavy atom. The second-order valence-electron chi connectivity index (χ2n) is 3.37. The Morgan fingerprint density at radius 2 is 2.08 bits per heavy atom. The molecule has 4 nitrogen and oxygen atoms in total. The van der Waals surface area contributed by atoms with E-state index in [1.807, 2.05) is 6.92 Å². The lowest BCUT2D eigenvalue weighted by Gasteiger charge is -2.23. The van der Waals surface area contributed by atoms with Gasteiger partial charge in [-0.15, -0.1) is 0 Å². The maximum Gasteiger partial charge on any atom is 0.328 e. The van der Waals surface area contributed by atoms with Crippen LogP contribution in [0.3, 0.4) is 0 Å². The molecule has 0 aliphatic carbocycles. The summed E-state index contributed by atoms with van der Waals surface area (Å²) >= 11 is 0. The maximum absolute atomic E-state index is 10.8. The van der Waals surface area contributed by atoms with Crippen LogP contribution in [0.5, 0.6) is 0 Å². The molecule has 76 valence electrons. The Hall–Kier alpha value is -1.19. The highest BCUT2D eigenvalue weighted by Gasteiger charge is 2.26. The Kier molecular flexibility index (Phi) is 4.31. The van der Waals surface area contributed by atoms with Gasteiger partial charge in [-0.25, -0.2) is 4.79 Å². The van der Waals surface area contributed by atoms with Crippen molar-refractivity contribution in [3.63, 3.8) is 0 Å². The predicted octanol–water partition coefficient (Wildman–Crippen LogP) is 0.910. The number of carboxylic acids is 1. The fraction of sp³-hybridized carbons (Fsp3) is 0.667. The molecular formula is C9H18N2O2. The molecule has 0 saturated carbocycles. The van der Waals surface area contributed by atoms with Crippen LogP contribution in [0.4, 0.5) is 0 Å². The number of hydrogen-bond donors (Lipinski definition) is 3. The monoisotopic (exact) mass is 186 g/mol. The van der Waals surface area contributed by atoms with E-state index < -0.39 is 11.5 Å². The summed E-state index contributed by atoms with van der Waals surface area (Å²) in [6, 6.07) is 0. The molecule has 0 atom stereocenters. The van der Waals surface area contributed by atoms with E-state index in [1.165, 1.54) is 0 Å². The molecule has 0 spiro atoms. The van der Waals surface area contributed by atoms with Crippen molar-refractivity contribution in [2.75, 3.05) is 7.05 Å². The number of rotatable bonds is 5. The molecule has 0 aromatic rings. The average molecular weight is 186 g/mol. The summed E-state index contributed by atoms with van der Waals surface area (Å²) in [5.74, 6) is -0.858. The number of carbonyl (C=O) groups is 1. The Morgan fingerprint density at radius 3 is 2.38 bits per heavy atom. The maximum atomic E-state index is 10.8. The second kappa shape index (κ2) is 4.74. The van der Waals surface area contributed by atoms with Gasteiger partial charge in [-0.1, -0.05) is 6.92 Å². The van der Waals surface area contributed by atoms with Crippen molar-refractivity contribution < 1.29 is 9.90 Å². The van der Waals surface area contributed by atoms with Crippen LogP contribution in [-0.4, -0.2) is 23.7 Å². The van der Waals surface area contributed by atoms with E-state index in [9.17, 15) is 4.79 Å². The fourth-order valence-corrected chi connectivity index (χ4v) is 0.856. The number of hydrogen-bond acceptors (Lipinski definition) is 3. The normalized spacial score (nSPS) is 12.5. The first-order valence-corrected chi connectivity index (χ1v) is 4.32. The van der Waals surface area contributed by atoms with Crippen LogP contribution in [0.15, 0.2) is 11.9 Å². The van der Waals surface area contributed by atoms with Gasteiger partial charge in [0.1, 0.15) is 5.54 Å². The molecule has 3 N–H and O–H groups in total. The molecule has 0 aliphatic rings. The average Bonchev–Trinajstić information content (AvgIpc) is 2.03. The van der Waals surface area contributed by atoms with Crippen molar-refractivity contribution in [1.29, 1.82) is 0 Å². The standard InChI is InChI=1S/C9H18N2O2/c1-5-7(6-10-4)11-9(2,3)8(12)13/h6,10-11H,5H2,1-4H3,(H,12,13)/b7-6+. The lowest BCUT2D eigenvalue weighted by Crippen LogP contribution is -2.46. The van der Waals surface area contributed by atoms with Gasteiger partial charge in [-0.3, -0.25) is 0 Å². The quantitative estimate of drug-likeness (QED) is 0.597. The summed E-state index contributed by atoms with van der Waals surface area (Å²) < 4.78 is 0. The molecule has 0 fully saturated rings. The second-order valence-corrected chi connectivity index (χ2v) is 3.37. The van der Waals surface area contributed by atoms with Crippen LogP contribution >= 0.6 is 0 Å². The minimum Gasteiger partial charge on any atom is -0.480 e. The number of carboxylic acid groups (broad SMARTS) is 1. The van der Waals surface area contributed by atoms with Crippen LogP contribution < -0.4 is 10.6 Å². The van der Waals surface area contributed by atoms with Gasteiger partial charge in [0.05, 0.1) is 0 Å². The van der Waals surface area contributed by atoms with Gasteiger partial charge >= 0.3 is 5.97 Å². The zero-order valence-electron chi connectivity index (χ0n) is 8.64. The van der Waals surface area contributed by atoms with Crippen molar-refractivity contribution in [1.82, 2.24) is 10.6 Å². The van der Waals surface area contributed by atoms with Crippen LogP contribution in [0.2, 0.25) is 0 Å². The van der Waals surface area contributed by atoms with Crippen molar-refractivity contribution in [3.05, 3.63) is 11.9 Å². The lowest BCUT2D eigenvalue weighted by molar-refractivity contribution is -0.143. The molecule has 0 aromatic heterocycles. The lowest BCUT2D eigenvalue weighted by atomic mass is 10.1. The Labute approximate surface area is 79.0 Å². The molecule has 0 radical (unpaired) electrons. The molecule has 0 aliphatic heterocycles. The molecular weight excluding hydrogens is 168 g/mol. The molecule has 0 aromatic carbocycles. The summed E-state index contributed by atoms with van der Waals surface area (Å²) in [5.41, 5.74) is -0.0338. The first-order chi connectivity index (χ1) is 5.94. The van der Waals surface area contributed by atoms with Crippen LogP contribution in [0.25, 0.3) is 0 Å². The smallest absolute Gasteiger partial charge is 0.328 e. The molecule has 4 heteroatoms. The van der Waals surface area contributed by atoms with Crippen molar-refractivity contribution in [2.45, 2.75) is 32.7 Å². The van der Waals surface area contributed by atoms with E-state index in [2.05, 4.69) is 10.6 Å². The molecule has 0 unspecified atom stereocenters. The van der Waals surface area contributed by atoms with Gasteiger partial charge in [0.15, 0.2) is 0 Å². The minimum atomic E-state index is -0.918. The Balaban J connectivity index is 4.39. The van der Waals surface area contributed by atoms with Crippen molar-refractivity contribution >= 4 is 5.97 Å². The largest absolute Gasteiger partial charge is 0.480 e. The van der Waals surface area contributed by atoms with Crippen molar-refractivity contribution in [2.24, 2.45) is 0 Å². The summed E-state index contributed by atoms with van der Waals surface area (Å²) in [6.07, 6.45) is 2.54. The SMILES string of the molecule is CC/C(=C\NC)NC(C)(C)C(=O)O. The van der Waals surface area contributed by atoms with E-state index >= 15 is 0 Å². The molecule has 0 rings (SSSR count). The minimum absolute atomic E-state index is 0.775. The zero-order valence-corrected chi connectivity index (χ0v) is 8.64. The number of allylic oxidation sites excluding steroid dienone is 1. The highest BCUT2D eigenvalue weighted by atomic mass is 16.4. The highest BCUT2D eigenvalue weighted by molar-refractivity contribution is 5.77. The summed E-state index contributed by atoms with van der Waals surface area (Å²) in [5, 5.41) is 14.6. The summed E-state index contributed by atoms with van der Waals surface area (Å²) in [7, 11) is 1.78. The zero-order chi connectivity index (χ0) is 10.5. The van der Waals surface area contributed by atoms with E-state index in [1.54, 1.807) is 27.1 Å². The number of nitrogens with one attached hydrogen (secondary N) is 2. The van der Waals surface area contributed by atoms with E-state index in [4.69, 9.17) is 5.11 Å². The van der Waals surface area contributed by atoms with Gasteiger partial charge in [0.25, 0.3) is 0 Å². The molecule has 13 heavy (non-hydrogen) atoms. The summed E-state index contributed by atoms with van der Waals surface area (Å²) in [6.45, 7) is 5.23. The topological polar surface area (TPSA) is 61.4 Å². The Bertz CT molecular complexity index is 210. The van der Waals surface area contributed by atoms with Crippen LogP contribution in [0.1, 0.15) is 27.2 Å². The van der Waals surface area contributed by atoms with Gasteiger partial charge < -0.3 is 15.7 Å². The molecule has 0 bridgehead atoms. The van der Waals surface area contributed by atoms with Gasteiger partial charge in [0.2, 0.25) is 0 Å². The third-order valence-corrected chi connectivity index (χ3v) is 1.71. The summed E-state index contributed by atoms with van der Waals surface area (Å²) in [4.78, 5) is 10.8. The molecule has 0 saturated heterocycles. The van der Waals surface area contributed by atoms with Crippen LogP contribution in [0, 0.1) is 0 Å². The van der Waals surface area contributed by atoms with Crippen molar-refractivity contribution in [3.8, 4) is 0 Å². The van der Waals surface area contributed by atoms with Gasteiger partial charge in [-0.05, 0) is 20.3 Å². The molecule has 0 heterocycles. The fourth-order valence-electron chi connectivity index (χ4n) is 0.856. The van der Waals surface area contributed by atoms with Crippen LogP contribution in [-0.2, 0) is 4.79 Å². The third-order valence-electron chi connectivity index (χ3n) is 1.71. The van der Waals surface area contributed by atoms with E-state index in [0.29, 0.717) is 0 Å². The first kappa shape index (κ1) is 11.8.